The van der Waals surface area contributed by atoms with Crippen LogP contribution in [0.3, 0.4) is 0 Å². The van der Waals surface area contributed by atoms with Crippen molar-refractivity contribution in [2.45, 2.75) is 31.2 Å². The van der Waals surface area contributed by atoms with E-state index < -0.39 is 0 Å². The Kier molecular flexibility index (Phi) is 2.49. The summed E-state index contributed by atoms with van der Waals surface area (Å²) >= 11 is 1.61. The van der Waals surface area contributed by atoms with E-state index in [0.29, 0.717) is 5.89 Å². The lowest BCUT2D eigenvalue weighted by Gasteiger charge is -2.09. The van der Waals surface area contributed by atoms with Gasteiger partial charge in [-0.2, -0.15) is 4.98 Å². The fourth-order valence-electron chi connectivity index (χ4n) is 2.20. The van der Waals surface area contributed by atoms with Crippen molar-refractivity contribution < 1.29 is 4.52 Å². The van der Waals surface area contributed by atoms with Crippen LogP contribution in [0.15, 0.2) is 22.0 Å². The molecular weight excluding hydrogens is 222 g/mol. The average molecular weight is 235 g/mol. The van der Waals surface area contributed by atoms with E-state index in [2.05, 4.69) is 10.1 Å². The van der Waals surface area contributed by atoms with Gasteiger partial charge in [-0.05, 0) is 24.3 Å². The van der Waals surface area contributed by atoms with Gasteiger partial charge in [0.05, 0.1) is 4.88 Å². The van der Waals surface area contributed by atoms with Gasteiger partial charge in [0.15, 0.2) is 5.82 Å². The number of hydrogen-bond donors (Lipinski definition) is 1. The highest BCUT2D eigenvalue weighted by Crippen LogP contribution is 2.33. The Morgan fingerprint density at radius 1 is 1.44 bits per heavy atom. The molecular formula is C11H13N3OS. The number of aromatic nitrogens is 2. The SMILES string of the molecule is N[C@@H]1CCC[C@@H]1c1noc(-c2cccs2)n1. The lowest BCUT2D eigenvalue weighted by atomic mass is 10.0. The van der Waals surface area contributed by atoms with Crippen LogP contribution in [0.1, 0.15) is 31.0 Å². The number of hydrogen-bond acceptors (Lipinski definition) is 5. The van der Waals surface area contributed by atoms with E-state index in [1.807, 2.05) is 17.5 Å². The van der Waals surface area contributed by atoms with Gasteiger partial charge in [-0.3, -0.25) is 0 Å². The van der Waals surface area contributed by atoms with Crippen LogP contribution in [0, 0.1) is 0 Å². The number of nitrogens with zero attached hydrogens (tertiary/aromatic N) is 2. The Hall–Kier alpha value is -1.20. The van der Waals surface area contributed by atoms with Gasteiger partial charge >= 0.3 is 0 Å². The minimum absolute atomic E-state index is 0.189. The zero-order valence-electron chi connectivity index (χ0n) is 8.80. The Labute approximate surface area is 97.5 Å². The normalized spacial score (nSPS) is 25.1. The molecule has 2 atom stereocenters. The van der Waals surface area contributed by atoms with Gasteiger partial charge in [0.2, 0.25) is 0 Å². The molecule has 0 amide bonds. The van der Waals surface area contributed by atoms with E-state index in [9.17, 15) is 0 Å². The molecule has 4 nitrogen and oxygen atoms in total. The molecule has 0 saturated heterocycles. The monoisotopic (exact) mass is 235 g/mol. The Morgan fingerprint density at radius 3 is 3.06 bits per heavy atom. The largest absolute Gasteiger partial charge is 0.333 e. The van der Waals surface area contributed by atoms with Gasteiger partial charge in [0.25, 0.3) is 5.89 Å². The summed E-state index contributed by atoms with van der Waals surface area (Å²) in [6.07, 6.45) is 3.30. The summed E-state index contributed by atoms with van der Waals surface area (Å²) in [5.74, 6) is 1.66. The maximum atomic E-state index is 6.02. The number of nitrogens with two attached hydrogens (primary N) is 1. The van der Waals surface area contributed by atoms with Gasteiger partial charge in [-0.15, -0.1) is 11.3 Å². The van der Waals surface area contributed by atoms with Crippen molar-refractivity contribution in [3.8, 4) is 10.8 Å². The molecule has 0 spiro atoms. The second kappa shape index (κ2) is 3.99. The molecule has 1 saturated carbocycles. The first-order valence-electron chi connectivity index (χ1n) is 5.47. The molecule has 2 N–H and O–H groups in total. The summed E-state index contributed by atoms with van der Waals surface area (Å²) in [7, 11) is 0. The molecule has 1 fully saturated rings. The molecule has 5 heteroatoms. The molecule has 0 radical (unpaired) electrons. The van der Waals surface area contributed by atoms with Crippen LogP contribution >= 0.6 is 11.3 Å². The number of rotatable bonds is 2. The molecule has 2 aromatic heterocycles. The Morgan fingerprint density at radius 2 is 2.38 bits per heavy atom. The molecule has 1 aliphatic carbocycles. The first kappa shape index (κ1) is 9.99. The second-order valence-electron chi connectivity index (χ2n) is 4.14. The highest BCUT2D eigenvalue weighted by atomic mass is 32.1. The van der Waals surface area contributed by atoms with E-state index in [1.165, 1.54) is 0 Å². The van der Waals surface area contributed by atoms with Crippen LogP contribution in [0.4, 0.5) is 0 Å². The predicted octanol–water partition coefficient (Wildman–Crippen LogP) is 2.39. The second-order valence-corrected chi connectivity index (χ2v) is 5.08. The minimum Gasteiger partial charge on any atom is -0.333 e. The molecule has 0 bridgehead atoms. The standard InChI is InChI=1S/C11H13N3OS/c12-8-4-1-3-7(8)10-13-11(15-14-10)9-5-2-6-16-9/h2,5-8H,1,3-4,12H2/t7-,8+/m0/s1. The van der Waals surface area contributed by atoms with Crippen LogP contribution in [0.2, 0.25) is 0 Å². The van der Waals surface area contributed by atoms with Crippen LogP contribution in [-0.2, 0) is 0 Å². The van der Waals surface area contributed by atoms with Gasteiger partial charge in [-0.1, -0.05) is 17.6 Å². The van der Waals surface area contributed by atoms with Gasteiger partial charge < -0.3 is 10.3 Å². The lowest BCUT2D eigenvalue weighted by Crippen LogP contribution is -2.23. The molecule has 84 valence electrons. The van der Waals surface area contributed by atoms with E-state index in [1.54, 1.807) is 11.3 Å². The quantitative estimate of drug-likeness (QED) is 0.868. The molecule has 0 aromatic carbocycles. The van der Waals surface area contributed by atoms with Crippen molar-refractivity contribution in [3.63, 3.8) is 0 Å². The summed E-state index contributed by atoms with van der Waals surface area (Å²) in [6, 6.07) is 4.15. The van der Waals surface area contributed by atoms with Crippen molar-refractivity contribution in [2.75, 3.05) is 0 Å². The van der Waals surface area contributed by atoms with Crippen LogP contribution in [0.5, 0.6) is 0 Å². The van der Waals surface area contributed by atoms with Gasteiger partial charge in [0, 0.05) is 12.0 Å². The van der Waals surface area contributed by atoms with Crippen molar-refractivity contribution in [3.05, 3.63) is 23.3 Å². The summed E-state index contributed by atoms with van der Waals surface area (Å²) in [4.78, 5) is 5.46. The first-order chi connectivity index (χ1) is 7.84. The Balaban J connectivity index is 1.88. The smallest absolute Gasteiger partial charge is 0.267 e. The molecule has 2 heterocycles. The van der Waals surface area contributed by atoms with E-state index in [-0.39, 0.29) is 12.0 Å². The predicted molar refractivity (Wildman–Crippen MR) is 62.2 cm³/mol. The Bertz CT molecular complexity index is 465. The summed E-state index contributed by atoms with van der Waals surface area (Å²) in [5, 5.41) is 6.05. The summed E-state index contributed by atoms with van der Waals surface area (Å²) in [6.45, 7) is 0. The summed E-state index contributed by atoms with van der Waals surface area (Å²) in [5.41, 5.74) is 6.02. The van der Waals surface area contributed by atoms with Crippen LogP contribution in [-0.4, -0.2) is 16.2 Å². The van der Waals surface area contributed by atoms with E-state index >= 15 is 0 Å². The minimum atomic E-state index is 0.189. The van der Waals surface area contributed by atoms with Crippen LogP contribution < -0.4 is 5.73 Å². The van der Waals surface area contributed by atoms with Crippen molar-refractivity contribution in [1.29, 1.82) is 0 Å². The topological polar surface area (TPSA) is 64.9 Å². The molecule has 0 unspecified atom stereocenters. The maximum Gasteiger partial charge on any atom is 0.267 e. The van der Waals surface area contributed by atoms with E-state index in [4.69, 9.17) is 10.3 Å². The van der Waals surface area contributed by atoms with Crippen molar-refractivity contribution >= 4 is 11.3 Å². The average Bonchev–Trinajstić information content (AvgIpc) is 2.96. The highest BCUT2D eigenvalue weighted by Gasteiger charge is 2.29. The maximum absolute atomic E-state index is 6.02. The summed E-state index contributed by atoms with van der Waals surface area (Å²) < 4.78 is 5.26. The first-order valence-corrected chi connectivity index (χ1v) is 6.35. The van der Waals surface area contributed by atoms with Crippen LogP contribution in [0.25, 0.3) is 10.8 Å². The van der Waals surface area contributed by atoms with Crippen molar-refractivity contribution in [1.82, 2.24) is 10.1 Å². The molecule has 16 heavy (non-hydrogen) atoms. The molecule has 0 aliphatic heterocycles. The zero-order valence-corrected chi connectivity index (χ0v) is 9.61. The lowest BCUT2D eigenvalue weighted by molar-refractivity contribution is 0.412. The third kappa shape index (κ3) is 1.66. The fourth-order valence-corrected chi connectivity index (χ4v) is 2.84. The third-order valence-corrected chi connectivity index (χ3v) is 3.93. The zero-order chi connectivity index (χ0) is 11.0. The third-order valence-electron chi connectivity index (χ3n) is 3.07. The van der Waals surface area contributed by atoms with Crippen molar-refractivity contribution in [2.24, 2.45) is 5.73 Å². The molecule has 1 aliphatic rings. The van der Waals surface area contributed by atoms with E-state index in [0.717, 1.165) is 30.0 Å². The van der Waals surface area contributed by atoms with Gasteiger partial charge in [-0.25, -0.2) is 0 Å². The highest BCUT2D eigenvalue weighted by molar-refractivity contribution is 7.13. The molecule has 3 rings (SSSR count). The molecule has 2 aromatic rings. The fraction of sp³-hybridized carbons (Fsp3) is 0.455. The van der Waals surface area contributed by atoms with Gasteiger partial charge in [0.1, 0.15) is 0 Å². The number of thiophene rings is 1.